The fourth-order valence-corrected chi connectivity index (χ4v) is 3.52. The van der Waals surface area contributed by atoms with E-state index in [-0.39, 0.29) is 5.91 Å². The van der Waals surface area contributed by atoms with E-state index in [4.69, 9.17) is 10.2 Å². The number of aromatic nitrogens is 2. The van der Waals surface area contributed by atoms with Crippen molar-refractivity contribution in [2.45, 2.75) is 38.3 Å². The number of anilines is 1. The predicted molar refractivity (Wildman–Crippen MR) is 85.6 cm³/mol. The molecule has 6 nitrogen and oxygen atoms in total. The fourth-order valence-electron chi connectivity index (χ4n) is 2.75. The highest BCUT2D eigenvalue weighted by atomic mass is 32.2. The first-order valence-electron chi connectivity index (χ1n) is 7.55. The van der Waals surface area contributed by atoms with Crippen LogP contribution in [0.15, 0.2) is 9.57 Å². The Morgan fingerprint density at radius 3 is 2.82 bits per heavy atom. The van der Waals surface area contributed by atoms with Crippen LogP contribution >= 0.6 is 11.8 Å². The number of nitrogens with two attached hydrogens (primary N) is 1. The summed E-state index contributed by atoms with van der Waals surface area (Å²) in [6, 6.07) is 0. The Labute approximate surface area is 133 Å². The second-order valence-electron chi connectivity index (χ2n) is 5.64. The van der Waals surface area contributed by atoms with Crippen LogP contribution in [0.5, 0.6) is 0 Å². The van der Waals surface area contributed by atoms with Crippen molar-refractivity contribution < 1.29 is 14.2 Å². The van der Waals surface area contributed by atoms with E-state index < -0.39 is 0 Å². The highest BCUT2D eigenvalue weighted by molar-refractivity contribution is 7.99. The molecule has 118 valence electrons. The lowest BCUT2D eigenvalue weighted by Gasteiger charge is -2.26. The molecule has 1 amide bonds. The number of furan rings is 1. The average Bonchev–Trinajstić information content (AvgIpc) is 2.81. The number of H-pyrrole nitrogens is 1. The van der Waals surface area contributed by atoms with Gasteiger partial charge >= 0.3 is 10.9 Å². The van der Waals surface area contributed by atoms with Crippen LogP contribution in [0.1, 0.15) is 30.6 Å². The lowest BCUT2D eigenvalue weighted by atomic mass is 10.1. The third-order valence-corrected chi connectivity index (χ3v) is 4.98. The van der Waals surface area contributed by atoms with E-state index >= 15 is 0 Å². The summed E-state index contributed by atoms with van der Waals surface area (Å²) in [6.07, 6.45) is 3.42. The lowest BCUT2D eigenvalue weighted by Crippen LogP contribution is -2.36. The van der Waals surface area contributed by atoms with Crippen LogP contribution in [0.4, 0.5) is 5.82 Å². The van der Waals surface area contributed by atoms with Crippen LogP contribution in [0.3, 0.4) is 0 Å². The molecule has 0 aromatic carbocycles. The summed E-state index contributed by atoms with van der Waals surface area (Å²) in [5.74, 6) is 1.79. The Kier molecular flexibility index (Phi) is 4.24. The van der Waals surface area contributed by atoms with E-state index in [9.17, 15) is 4.79 Å². The van der Waals surface area contributed by atoms with Crippen molar-refractivity contribution in [3.63, 3.8) is 0 Å². The molecular weight excluding hydrogens is 300 g/mol. The Balaban J connectivity index is 1.72. The van der Waals surface area contributed by atoms with Gasteiger partial charge < -0.3 is 15.1 Å². The van der Waals surface area contributed by atoms with Gasteiger partial charge in [-0.3, -0.25) is 4.79 Å². The molecule has 3 N–H and O–H groups in total. The quantitative estimate of drug-likeness (QED) is 0.689. The normalized spacial score (nSPS) is 15.5. The topological polar surface area (TPSA) is 86.5 Å². The van der Waals surface area contributed by atoms with Crippen molar-refractivity contribution in [3.05, 3.63) is 11.3 Å². The smallest absolute Gasteiger partial charge is 0.362 e. The van der Waals surface area contributed by atoms with Crippen molar-refractivity contribution in [1.82, 2.24) is 9.88 Å². The van der Waals surface area contributed by atoms with E-state index in [1.54, 1.807) is 0 Å². The number of aryl methyl sites for hydroxylation is 2. The number of hydrogen-bond donors (Lipinski definition) is 1. The lowest BCUT2D eigenvalue weighted by molar-refractivity contribution is -0.412. The average molecular weight is 321 g/mol. The molecule has 3 rings (SSSR count). The van der Waals surface area contributed by atoms with Crippen molar-refractivity contribution in [1.29, 1.82) is 0 Å². The van der Waals surface area contributed by atoms with Gasteiger partial charge in [0.2, 0.25) is 5.91 Å². The second kappa shape index (κ2) is 6.16. The molecule has 0 bridgehead atoms. The minimum absolute atomic E-state index is 0.158. The summed E-state index contributed by atoms with van der Waals surface area (Å²) in [4.78, 5) is 21.6. The van der Waals surface area contributed by atoms with Crippen LogP contribution in [0, 0.1) is 13.8 Å². The number of carbonyl (C=O) groups is 1. The Morgan fingerprint density at radius 1 is 1.36 bits per heavy atom. The predicted octanol–water partition coefficient (Wildman–Crippen LogP) is 1.95. The zero-order valence-electron chi connectivity index (χ0n) is 12.9. The molecule has 7 heteroatoms. The number of fused-ring (bicyclic) bond motifs is 1. The number of hydrogen-bond acceptors (Lipinski definition) is 5. The van der Waals surface area contributed by atoms with E-state index in [0.717, 1.165) is 42.6 Å². The van der Waals surface area contributed by atoms with Crippen molar-refractivity contribution in [2.75, 3.05) is 24.6 Å². The summed E-state index contributed by atoms with van der Waals surface area (Å²) in [5.41, 5.74) is 7.64. The highest BCUT2D eigenvalue weighted by Gasteiger charge is 2.23. The first-order chi connectivity index (χ1) is 10.6. The summed E-state index contributed by atoms with van der Waals surface area (Å²) >= 11 is 1.37. The number of nitrogens with zero attached hydrogens (tertiary/aromatic N) is 2. The number of nitrogen functional groups attached to an aromatic ring is 1. The summed E-state index contributed by atoms with van der Waals surface area (Å²) in [6.45, 7) is 5.59. The molecule has 0 atom stereocenters. The van der Waals surface area contributed by atoms with Gasteiger partial charge in [-0.2, -0.15) is 4.98 Å². The molecule has 1 aliphatic heterocycles. The molecule has 0 radical (unpaired) electrons. The third kappa shape index (κ3) is 2.90. The van der Waals surface area contributed by atoms with Gasteiger partial charge in [-0.15, -0.1) is 0 Å². The van der Waals surface area contributed by atoms with Crippen molar-refractivity contribution in [2.24, 2.45) is 0 Å². The van der Waals surface area contributed by atoms with Gasteiger partial charge in [-0.1, -0.05) is 0 Å². The van der Waals surface area contributed by atoms with Gasteiger partial charge in [0.1, 0.15) is 11.1 Å². The molecule has 2 aromatic rings. The maximum absolute atomic E-state index is 12.2. The molecular formula is C15H21N4O2S+. The molecule has 0 saturated carbocycles. The molecule has 3 heterocycles. The van der Waals surface area contributed by atoms with Crippen molar-refractivity contribution >= 4 is 34.6 Å². The molecule has 1 fully saturated rings. The van der Waals surface area contributed by atoms with E-state index in [1.165, 1.54) is 18.2 Å². The van der Waals surface area contributed by atoms with Crippen LogP contribution in [0.25, 0.3) is 11.1 Å². The number of rotatable bonds is 3. The summed E-state index contributed by atoms with van der Waals surface area (Å²) in [5, 5.41) is 1.44. The first-order valence-corrected chi connectivity index (χ1v) is 8.54. The molecule has 0 aliphatic carbocycles. The molecule has 0 spiro atoms. The van der Waals surface area contributed by atoms with E-state index in [1.807, 2.05) is 18.7 Å². The van der Waals surface area contributed by atoms with Crippen LogP contribution in [-0.2, 0) is 4.79 Å². The molecule has 0 unspecified atom stereocenters. The Bertz CT molecular complexity index is 707. The number of nitrogens with one attached hydrogen (secondary N) is 1. The number of carbonyl (C=O) groups excluding carboxylic acids is 1. The molecule has 1 aliphatic rings. The maximum atomic E-state index is 12.2. The number of likely N-dealkylation sites (tertiary alicyclic amines) is 1. The number of piperidine rings is 1. The minimum atomic E-state index is 0.158. The second-order valence-corrected chi connectivity index (χ2v) is 6.61. The monoisotopic (exact) mass is 321 g/mol. The zero-order chi connectivity index (χ0) is 15.7. The van der Waals surface area contributed by atoms with Crippen LogP contribution in [0.2, 0.25) is 0 Å². The minimum Gasteiger partial charge on any atom is -0.427 e. The van der Waals surface area contributed by atoms with Crippen LogP contribution < -0.4 is 10.7 Å². The van der Waals surface area contributed by atoms with Crippen LogP contribution in [-0.4, -0.2) is 34.6 Å². The number of thioether (sulfide) groups is 1. The summed E-state index contributed by atoms with van der Waals surface area (Å²) in [7, 11) is 0. The van der Waals surface area contributed by atoms with Gasteiger partial charge in [0.05, 0.1) is 5.75 Å². The van der Waals surface area contributed by atoms with E-state index in [0.29, 0.717) is 22.4 Å². The van der Waals surface area contributed by atoms with Crippen molar-refractivity contribution in [3.8, 4) is 0 Å². The number of amides is 1. The Morgan fingerprint density at radius 2 is 2.09 bits per heavy atom. The van der Waals surface area contributed by atoms with Gasteiger partial charge in [-0.05, 0) is 49.9 Å². The molecule has 22 heavy (non-hydrogen) atoms. The summed E-state index contributed by atoms with van der Waals surface area (Å²) < 4.78 is 5.66. The third-order valence-electron chi connectivity index (χ3n) is 4.13. The number of aromatic amines is 1. The maximum Gasteiger partial charge on any atom is 0.362 e. The molecule has 2 aromatic heterocycles. The standard InChI is InChI=1S/C15H20N4O2S/c1-9-10(2)21-14-12(9)13(16)17-15(18-14)22-8-11(20)19-6-4-3-5-7-19/h3-8H2,1-2H3,(H2,16,17,18)/p+1. The molecule has 1 saturated heterocycles. The van der Waals surface area contributed by atoms with Gasteiger partial charge in [0.25, 0.3) is 5.82 Å². The SMILES string of the molecule is Cc1oc2[nH+]c(SCC(=O)N3CCCCC3)nc(N)c2c1C. The van der Waals surface area contributed by atoms with Gasteiger partial charge in [-0.25, -0.2) is 0 Å². The largest absolute Gasteiger partial charge is 0.427 e. The fraction of sp³-hybridized carbons (Fsp3) is 0.533. The van der Waals surface area contributed by atoms with Gasteiger partial charge in [0.15, 0.2) is 0 Å². The first kappa shape index (κ1) is 15.1. The zero-order valence-corrected chi connectivity index (χ0v) is 13.8. The van der Waals surface area contributed by atoms with E-state index in [2.05, 4.69) is 9.97 Å². The Hall–Kier alpha value is -1.76. The highest BCUT2D eigenvalue weighted by Crippen LogP contribution is 2.27. The van der Waals surface area contributed by atoms with Gasteiger partial charge in [0, 0.05) is 18.7 Å².